The van der Waals surface area contributed by atoms with E-state index in [9.17, 15) is 14.0 Å². The molecule has 2 aliphatic rings. The summed E-state index contributed by atoms with van der Waals surface area (Å²) in [6.45, 7) is 3.04. The maximum atomic E-state index is 17.4. The smallest absolute Gasteiger partial charge is 0.420 e. The number of nitriles is 1. The lowest BCUT2D eigenvalue weighted by molar-refractivity contribution is -0.138. The summed E-state index contributed by atoms with van der Waals surface area (Å²) in [5, 5.41) is 8.95. The number of pyridine rings is 1. The van der Waals surface area contributed by atoms with Crippen LogP contribution in [-0.2, 0) is 6.18 Å². The Morgan fingerprint density at radius 3 is 2.55 bits per heavy atom. The predicted molar refractivity (Wildman–Crippen MR) is 185 cm³/mol. The first-order valence-electron chi connectivity index (χ1n) is 16.2. The summed E-state index contributed by atoms with van der Waals surface area (Å²) in [6.07, 6.45) is -6.66. The van der Waals surface area contributed by atoms with Crippen molar-refractivity contribution in [1.82, 2.24) is 19.9 Å². The van der Waals surface area contributed by atoms with Crippen LogP contribution in [0.5, 0.6) is 11.8 Å². The van der Waals surface area contributed by atoms with Crippen molar-refractivity contribution in [3.63, 3.8) is 0 Å². The lowest BCUT2D eigenvalue weighted by atomic mass is 9.91. The summed E-state index contributed by atoms with van der Waals surface area (Å²) in [5.74, 6) is -3.29. The Bertz CT molecular complexity index is 2370. The summed E-state index contributed by atoms with van der Waals surface area (Å²) < 4.78 is 118. The Labute approximate surface area is 301 Å². The fourth-order valence-corrected chi connectivity index (χ4v) is 8.26. The lowest BCUT2D eigenvalue weighted by Gasteiger charge is -2.31. The number of likely N-dealkylation sites (N-methyl/N-ethyl adjacent to an activating group) is 1. The van der Waals surface area contributed by atoms with E-state index >= 15 is 22.0 Å². The molecule has 5 aromatic rings. The van der Waals surface area contributed by atoms with Gasteiger partial charge in [0.15, 0.2) is 5.82 Å². The molecule has 18 heteroatoms. The lowest BCUT2D eigenvalue weighted by Crippen LogP contribution is -2.39. The molecule has 0 radical (unpaired) electrons. The van der Waals surface area contributed by atoms with Crippen molar-refractivity contribution in [2.75, 3.05) is 43.1 Å². The highest BCUT2D eigenvalue weighted by molar-refractivity contribution is 7.23. The number of halogens is 7. The first kappa shape index (κ1) is 36.0. The quantitative estimate of drug-likeness (QED) is 0.165. The standard InChI is InChI=1S/C35H29F7N8O2S/c1-14(16-5-4-9-46-31(16)44)50-11-12-51-28-23-26(47-34(48-33(23)50)52-15(2)27-18(30(38)39)8-10-49(27)3)25(37)22(24(28)35(40,41)42)17-6-7-20(36)29-21(17)19(13-43)32(45)53-29/h4-7,9,14-15,27H,8,10-12,45H2,1-3H3,(H2,44,46)/t14-,15+,27?/m1/s1. The maximum Gasteiger partial charge on any atom is 0.420 e. The van der Waals surface area contributed by atoms with Gasteiger partial charge < -0.3 is 25.8 Å². The van der Waals surface area contributed by atoms with Crippen molar-refractivity contribution < 1.29 is 40.2 Å². The van der Waals surface area contributed by atoms with Crippen LogP contribution in [0.15, 0.2) is 42.1 Å². The molecular formula is C35H29F7N8O2S. The van der Waals surface area contributed by atoms with Crippen molar-refractivity contribution in [3.05, 3.63) is 70.4 Å². The minimum Gasteiger partial charge on any atom is -0.490 e. The topological polar surface area (TPSA) is 139 Å². The van der Waals surface area contributed by atoms with Gasteiger partial charge in [-0.1, -0.05) is 12.1 Å². The molecule has 5 heterocycles. The molecule has 7 rings (SSSR count). The van der Waals surface area contributed by atoms with Gasteiger partial charge in [0.2, 0.25) is 0 Å². The average molecular weight is 759 g/mol. The molecule has 0 bridgehead atoms. The number of hydrogen-bond acceptors (Lipinski definition) is 11. The van der Waals surface area contributed by atoms with E-state index in [1.54, 1.807) is 42.0 Å². The molecule has 10 nitrogen and oxygen atoms in total. The van der Waals surface area contributed by atoms with Gasteiger partial charge in [0.1, 0.15) is 58.1 Å². The molecule has 0 spiro atoms. The Balaban J connectivity index is 1.56. The first-order valence-corrected chi connectivity index (χ1v) is 17.0. The van der Waals surface area contributed by atoms with E-state index in [1.807, 2.05) is 0 Å². The molecule has 3 aromatic heterocycles. The summed E-state index contributed by atoms with van der Waals surface area (Å²) in [6, 6.07) is 4.70. The number of benzene rings is 2. The van der Waals surface area contributed by atoms with Crippen LogP contribution in [-0.4, -0.2) is 58.7 Å². The molecule has 1 saturated heterocycles. The normalized spacial score (nSPS) is 17.5. The highest BCUT2D eigenvalue weighted by Gasteiger charge is 2.44. The van der Waals surface area contributed by atoms with E-state index < -0.39 is 81.4 Å². The zero-order valence-corrected chi connectivity index (χ0v) is 29.0. The molecule has 2 aromatic carbocycles. The van der Waals surface area contributed by atoms with Crippen LogP contribution < -0.4 is 25.8 Å². The Kier molecular flexibility index (Phi) is 8.97. The van der Waals surface area contributed by atoms with Gasteiger partial charge in [-0.3, -0.25) is 4.90 Å². The third kappa shape index (κ3) is 5.87. The number of fused-ring (bicyclic) bond motifs is 1. The summed E-state index contributed by atoms with van der Waals surface area (Å²) in [7, 11) is 1.63. The van der Waals surface area contributed by atoms with Gasteiger partial charge in [-0.05, 0) is 45.0 Å². The van der Waals surface area contributed by atoms with E-state index in [4.69, 9.17) is 20.9 Å². The van der Waals surface area contributed by atoms with Crippen LogP contribution in [0.25, 0.3) is 32.1 Å². The molecule has 0 amide bonds. The first-order chi connectivity index (χ1) is 25.1. The van der Waals surface area contributed by atoms with E-state index in [0.717, 1.165) is 12.1 Å². The van der Waals surface area contributed by atoms with E-state index in [1.165, 1.54) is 13.1 Å². The number of likely N-dealkylation sites (tertiary alicyclic amines) is 1. The van der Waals surface area contributed by atoms with E-state index in [0.29, 0.717) is 23.4 Å². The number of aromatic nitrogens is 3. The molecule has 1 unspecified atom stereocenters. The molecular weight excluding hydrogens is 729 g/mol. The maximum absolute atomic E-state index is 17.4. The monoisotopic (exact) mass is 758 g/mol. The number of ether oxygens (including phenoxy) is 2. The van der Waals surface area contributed by atoms with Gasteiger partial charge >= 0.3 is 12.2 Å². The Morgan fingerprint density at radius 1 is 1.11 bits per heavy atom. The van der Waals surface area contributed by atoms with Crippen molar-refractivity contribution in [1.29, 1.82) is 5.26 Å². The average Bonchev–Trinajstić information content (AvgIpc) is 3.60. The van der Waals surface area contributed by atoms with Crippen molar-refractivity contribution in [3.8, 4) is 29.0 Å². The molecule has 0 saturated carbocycles. The van der Waals surface area contributed by atoms with Crippen molar-refractivity contribution in [2.45, 2.75) is 44.6 Å². The predicted octanol–water partition coefficient (Wildman–Crippen LogP) is 7.82. The number of anilines is 3. The molecule has 4 N–H and O–H groups in total. The second-order valence-corrected chi connectivity index (χ2v) is 13.7. The second kappa shape index (κ2) is 13.2. The second-order valence-electron chi connectivity index (χ2n) is 12.7. The summed E-state index contributed by atoms with van der Waals surface area (Å²) in [4.78, 5) is 16.1. The van der Waals surface area contributed by atoms with Crippen LogP contribution in [0, 0.1) is 23.0 Å². The van der Waals surface area contributed by atoms with Crippen LogP contribution in [0.2, 0.25) is 0 Å². The largest absolute Gasteiger partial charge is 0.490 e. The SMILES string of the molecule is C[C@H](Oc1nc2c3c(c(C(F)(F)F)c(-c4ccc(F)c5sc(N)c(C#N)c45)c(F)c3n1)OCCN2[C@H](C)c1cccnc1N)C1C(=C(F)F)CCN1C. The molecule has 53 heavy (non-hydrogen) atoms. The minimum absolute atomic E-state index is 0.0711. The van der Waals surface area contributed by atoms with Gasteiger partial charge in [-0.15, -0.1) is 11.3 Å². The van der Waals surface area contributed by atoms with E-state index in [-0.39, 0.29) is 57.4 Å². The molecule has 3 atom stereocenters. The fourth-order valence-electron chi connectivity index (χ4n) is 7.31. The Morgan fingerprint density at radius 2 is 1.87 bits per heavy atom. The molecule has 0 aliphatic carbocycles. The van der Waals surface area contributed by atoms with Gasteiger partial charge in [0.05, 0.1) is 34.3 Å². The van der Waals surface area contributed by atoms with Crippen LogP contribution in [0.1, 0.15) is 43.0 Å². The van der Waals surface area contributed by atoms with Gasteiger partial charge in [-0.25, -0.2) is 13.8 Å². The summed E-state index contributed by atoms with van der Waals surface area (Å²) in [5.41, 5.74) is 8.37. The van der Waals surface area contributed by atoms with Crippen LogP contribution >= 0.6 is 11.3 Å². The van der Waals surface area contributed by atoms with Gasteiger partial charge in [-0.2, -0.15) is 37.2 Å². The van der Waals surface area contributed by atoms with Crippen LogP contribution in [0.4, 0.5) is 47.4 Å². The van der Waals surface area contributed by atoms with E-state index in [2.05, 4.69) is 15.0 Å². The van der Waals surface area contributed by atoms with Gasteiger partial charge in [0.25, 0.3) is 6.08 Å². The molecule has 2 aliphatic heterocycles. The minimum atomic E-state index is -5.28. The number of nitrogen functional groups attached to an aromatic ring is 2. The molecule has 1 fully saturated rings. The number of hydrogen-bond donors (Lipinski definition) is 2. The van der Waals surface area contributed by atoms with Crippen molar-refractivity contribution in [2.24, 2.45) is 0 Å². The van der Waals surface area contributed by atoms with Crippen LogP contribution in [0.3, 0.4) is 0 Å². The number of nitrogens with zero attached hydrogens (tertiary/aromatic N) is 6. The highest BCUT2D eigenvalue weighted by Crippen LogP contribution is 2.54. The third-order valence-corrected chi connectivity index (χ3v) is 10.7. The molecule has 276 valence electrons. The number of thiophene rings is 1. The fraction of sp³-hybridized carbons (Fsp3) is 0.314. The Hall–Kier alpha value is -5.41. The number of rotatable bonds is 6. The number of nitrogens with two attached hydrogens (primary N) is 2. The van der Waals surface area contributed by atoms with Crippen molar-refractivity contribution >= 4 is 49.0 Å². The summed E-state index contributed by atoms with van der Waals surface area (Å²) >= 11 is 0.631. The van der Waals surface area contributed by atoms with Gasteiger partial charge in [0, 0.05) is 34.8 Å². The highest BCUT2D eigenvalue weighted by atomic mass is 32.1. The third-order valence-electron chi connectivity index (χ3n) is 9.67. The number of alkyl halides is 3. The zero-order valence-electron chi connectivity index (χ0n) is 28.2. The zero-order chi connectivity index (χ0) is 38.1.